The maximum Gasteiger partial charge on any atom is 0.0796 e. The number of pyridine rings is 3. The van der Waals surface area contributed by atoms with Crippen molar-refractivity contribution >= 4 is 0 Å². The standard InChI is InChI=1S/C15H11N3.6H2O.Ru/c1-4-12(10-16-7-1)14-6-3-9-18-15(14)13-5-2-8-17-11-13;;;;;;;/h1-11H;6*1H2;. The van der Waals surface area contributed by atoms with Crippen molar-refractivity contribution in [3.63, 3.8) is 0 Å². The van der Waals surface area contributed by atoms with Gasteiger partial charge in [0.15, 0.2) is 0 Å². The molecular weight excluding hydrogens is 419 g/mol. The number of nitrogens with zero attached hydrogens (tertiary/aromatic N) is 3. The van der Waals surface area contributed by atoms with Crippen molar-refractivity contribution in [2.45, 2.75) is 0 Å². The molecule has 0 amide bonds. The van der Waals surface area contributed by atoms with Gasteiger partial charge in [0.1, 0.15) is 0 Å². The minimum absolute atomic E-state index is 0. The van der Waals surface area contributed by atoms with Gasteiger partial charge in [-0.1, -0.05) is 12.1 Å². The molecule has 0 saturated carbocycles. The fourth-order valence-electron chi connectivity index (χ4n) is 1.89. The Bertz CT molecular complexity index is 603. The van der Waals surface area contributed by atoms with Crippen molar-refractivity contribution < 1.29 is 52.3 Å². The first-order valence-corrected chi connectivity index (χ1v) is 5.71. The van der Waals surface area contributed by atoms with Gasteiger partial charge in [0.25, 0.3) is 0 Å². The van der Waals surface area contributed by atoms with E-state index in [0.717, 1.165) is 22.4 Å². The van der Waals surface area contributed by atoms with E-state index in [4.69, 9.17) is 0 Å². The third kappa shape index (κ3) is 7.97. The van der Waals surface area contributed by atoms with Gasteiger partial charge in [0.05, 0.1) is 5.69 Å². The monoisotopic (exact) mass is 443 g/mol. The molecular formula is C15H23N3O6Ru. The van der Waals surface area contributed by atoms with Crippen LogP contribution in [0.4, 0.5) is 0 Å². The Kier molecular flexibility index (Phi) is 22.8. The summed E-state index contributed by atoms with van der Waals surface area (Å²) in [5.74, 6) is 0. The summed E-state index contributed by atoms with van der Waals surface area (Å²) in [4.78, 5) is 12.8. The minimum atomic E-state index is 0. The minimum Gasteiger partial charge on any atom is -0.412 e. The van der Waals surface area contributed by atoms with Crippen molar-refractivity contribution in [1.82, 2.24) is 15.0 Å². The second kappa shape index (κ2) is 16.7. The molecule has 3 heterocycles. The second-order valence-electron chi connectivity index (χ2n) is 3.88. The van der Waals surface area contributed by atoms with Gasteiger partial charge in [-0.3, -0.25) is 15.0 Å². The van der Waals surface area contributed by atoms with Crippen LogP contribution in [0.25, 0.3) is 22.4 Å². The molecule has 0 radical (unpaired) electrons. The van der Waals surface area contributed by atoms with Gasteiger partial charge in [-0.25, -0.2) is 0 Å². The quantitative estimate of drug-likeness (QED) is 0.421. The average molecular weight is 442 g/mol. The van der Waals surface area contributed by atoms with E-state index >= 15 is 0 Å². The van der Waals surface area contributed by atoms with E-state index in [1.807, 2.05) is 48.8 Å². The molecule has 0 aliphatic carbocycles. The Morgan fingerprint density at radius 2 is 1.04 bits per heavy atom. The van der Waals surface area contributed by atoms with E-state index in [0.29, 0.717) is 0 Å². The van der Waals surface area contributed by atoms with E-state index in [1.165, 1.54) is 0 Å². The number of hydrogen-bond donors (Lipinski definition) is 0. The summed E-state index contributed by atoms with van der Waals surface area (Å²) in [6, 6.07) is 11.9. The first kappa shape index (κ1) is 34.2. The summed E-state index contributed by atoms with van der Waals surface area (Å²) in [6.45, 7) is 0. The molecule has 12 N–H and O–H groups in total. The van der Waals surface area contributed by atoms with Gasteiger partial charge in [-0.2, -0.15) is 0 Å². The molecule has 3 aromatic rings. The summed E-state index contributed by atoms with van der Waals surface area (Å²) in [5, 5.41) is 0. The van der Waals surface area contributed by atoms with Gasteiger partial charge < -0.3 is 32.9 Å². The van der Waals surface area contributed by atoms with E-state index in [2.05, 4.69) is 15.0 Å². The predicted octanol–water partition coefficient (Wildman–Crippen LogP) is -1.75. The van der Waals surface area contributed by atoms with Gasteiger partial charge in [0.2, 0.25) is 0 Å². The van der Waals surface area contributed by atoms with Crippen LogP contribution in [-0.2, 0) is 19.5 Å². The molecule has 3 rings (SSSR count). The first-order chi connectivity index (χ1) is 8.95. The molecule has 0 bridgehead atoms. The van der Waals surface area contributed by atoms with E-state index < -0.39 is 0 Å². The summed E-state index contributed by atoms with van der Waals surface area (Å²) in [7, 11) is 0. The van der Waals surface area contributed by atoms with Crippen LogP contribution in [0.5, 0.6) is 0 Å². The third-order valence-corrected chi connectivity index (χ3v) is 2.72. The molecule has 0 saturated heterocycles. The Morgan fingerprint density at radius 1 is 0.560 bits per heavy atom. The van der Waals surface area contributed by atoms with Crippen LogP contribution in [0.2, 0.25) is 0 Å². The predicted molar refractivity (Wildman–Crippen MR) is 92.4 cm³/mol. The number of hydrogen-bond acceptors (Lipinski definition) is 3. The normalized spacial score (nSPS) is 7.36. The van der Waals surface area contributed by atoms with E-state index in [1.54, 1.807) is 18.6 Å². The van der Waals surface area contributed by atoms with E-state index in [-0.39, 0.29) is 52.3 Å². The molecule has 142 valence electrons. The molecule has 0 aliphatic heterocycles. The van der Waals surface area contributed by atoms with Crippen LogP contribution in [0.15, 0.2) is 67.4 Å². The van der Waals surface area contributed by atoms with Crippen LogP contribution in [0.3, 0.4) is 0 Å². The summed E-state index contributed by atoms with van der Waals surface area (Å²) in [6.07, 6.45) is 8.99. The molecule has 3 aromatic heterocycles. The van der Waals surface area contributed by atoms with Gasteiger partial charge in [0, 0.05) is 67.2 Å². The van der Waals surface area contributed by atoms with Crippen molar-refractivity contribution in [3.8, 4) is 22.4 Å². The van der Waals surface area contributed by atoms with Crippen molar-refractivity contribution in [3.05, 3.63) is 67.4 Å². The SMILES string of the molecule is O.O.O.O.O.O.[Ru].c1cncc(-c2cccnc2-c2cccnc2)c1. The van der Waals surface area contributed by atoms with Crippen LogP contribution in [0, 0.1) is 0 Å². The Labute approximate surface area is 157 Å². The Balaban J connectivity index is -0.000000190. The Morgan fingerprint density at radius 3 is 1.52 bits per heavy atom. The largest absolute Gasteiger partial charge is 0.412 e. The van der Waals surface area contributed by atoms with Crippen LogP contribution >= 0.6 is 0 Å². The second-order valence-corrected chi connectivity index (χ2v) is 3.88. The van der Waals surface area contributed by atoms with Gasteiger partial charge in [-0.05, 0) is 24.3 Å². The fraction of sp³-hybridized carbons (Fsp3) is 0. The van der Waals surface area contributed by atoms with Gasteiger partial charge >= 0.3 is 0 Å². The number of rotatable bonds is 2. The number of aromatic nitrogens is 3. The zero-order valence-electron chi connectivity index (χ0n) is 13.0. The summed E-state index contributed by atoms with van der Waals surface area (Å²) in [5.41, 5.74) is 4.07. The van der Waals surface area contributed by atoms with Gasteiger partial charge in [-0.15, -0.1) is 0 Å². The van der Waals surface area contributed by atoms with Crippen molar-refractivity contribution in [2.24, 2.45) is 0 Å². The zero-order chi connectivity index (χ0) is 12.2. The topological polar surface area (TPSA) is 228 Å². The first-order valence-electron chi connectivity index (χ1n) is 5.71. The third-order valence-electron chi connectivity index (χ3n) is 2.72. The smallest absolute Gasteiger partial charge is 0.0796 e. The molecule has 0 aliphatic rings. The Hall–Kier alpha value is -2.17. The van der Waals surface area contributed by atoms with Crippen LogP contribution in [0.1, 0.15) is 0 Å². The molecule has 25 heavy (non-hydrogen) atoms. The maximum absolute atomic E-state index is 4.46. The summed E-state index contributed by atoms with van der Waals surface area (Å²) < 4.78 is 0. The fourth-order valence-corrected chi connectivity index (χ4v) is 1.89. The molecule has 0 spiro atoms. The maximum atomic E-state index is 4.46. The molecule has 0 aromatic carbocycles. The zero-order valence-corrected chi connectivity index (χ0v) is 14.8. The molecule has 9 nitrogen and oxygen atoms in total. The van der Waals surface area contributed by atoms with Crippen molar-refractivity contribution in [1.29, 1.82) is 0 Å². The van der Waals surface area contributed by atoms with Crippen LogP contribution in [-0.4, -0.2) is 47.8 Å². The molecule has 0 unspecified atom stereocenters. The van der Waals surface area contributed by atoms with Crippen molar-refractivity contribution in [2.75, 3.05) is 0 Å². The summed E-state index contributed by atoms with van der Waals surface area (Å²) >= 11 is 0. The molecule has 0 atom stereocenters. The average Bonchev–Trinajstić information content (AvgIpc) is 2.49. The molecule has 0 fully saturated rings. The van der Waals surface area contributed by atoms with E-state index in [9.17, 15) is 0 Å². The molecule has 10 heteroatoms. The van der Waals surface area contributed by atoms with Crippen LogP contribution < -0.4 is 0 Å².